The first-order valence-electron chi connectivity index (χ1n) is 4.20. The van der Waals surface area contributed by atoms with E-state index in [0.29, 0.717) is 26.4 Å². The third kappa shape index (κ3) is 3.18. The summed E-state index contributed by atoms with van der Waals surface area (Å²) < 4.78 is 15.3. The Balaban J connectivity index is 2.27. The molecule has 0 amide bonds. The van der Waals surface area contributed by atoms with Gasteiger partial charge in [0.05, 0.1) is 19.5 Å². The molecule has 0 radical (unpaired) electrons. The van der Waals surface area contributed by atoms with Crippen LogP contribution in [0.3, 0.4) is 0 Å². The minimum Gasteiger partial charge on any atom is -0.467 e. The van der Waals surface area contributed by atoms with E-state index in [9.17, 15) is 0 Å². The topological polar surface area (TPSA) is 57.6 Å². The Morgan fingerprint density at radius 3 is 3.00 bits per heavy atom. The highest BCUT2D eigenvalue weighted by molar-refractivity contribution is 5.15. The van der Waals surface area contributed by atoms with E-state index in [1.807, 2.05) is 6.07 Å². The van der Waals surface area contributed by atoms with Gasteiger partial charge in [0.1, 0.15) is 12.4 Å². The zero-order valence-corrected chi connectivity index (χ0v) is 7.79. The van der Waals surface area contributed by atoms with Crippen LogP contribution in [0.25, 0.3) is 0 Å². The molecule has 0 atom stereocenters. The van der Waals surface area contributed by atoms with E-state index in [2.05, 4.69) is 0 Å². The van der Waals surface area contributed by atoms with Gasteiger partial charge in [-0.1, -0.05) is 0 Å². The van der Waals surface area contributed by atoms with Crippen LogP contribution in [0.4, 0.5) is 0 Å². The maximum Gasteiger partial charge on any atom is 0.133 e. The summed E-state index contributed by atoms with van der Waals surface area (Å²) in [7, 11) is 1.64. The van der Waals surface area contributed by atoms with Crippen LogP contribution in [0, 0.1) is 0 Å². The zero-order chi connectivity index (χ0) is 9.52. The molecule has 0 bridgehead atoms. The summed E-state index contributed by atoms with van der Waals surface area (Å²) in [4.78, 5) is 0. The fraction of sp³-hybridized carbons (Fsp3) is 0.556. The molecule has 0 saturated heterocycles. The monoisotopic (exact) mass is 185 g/mol. The lowest BCUT2D eigenvalue weighted by Crippen LogP contribution is -2.04. The Labute approximate surface area is 77.6 Å². The predicted octanol–water partition coefficient (Wildman–Crippen LogP) is 0.901. The smallest absolute Gasteiger partial charge is 0.133 e. The molecule has 0 spiro atoms. The van der Waals surface area contributed by atoms with E-state index in [0.717, 1.165) is 11.3 Å². The van der Waals surface area contributed by atoms with Crippen molar-refractivity contribution in [3.8, 4) is 0 Å². The molecule has 1 aromatic heterocycles. The fourth-order valence-electron chi connectivity index (χ4n) is 0.983. The van der Waals surface area contributed by atoms with Crippen molar-refractivity contribution < 1.29 is 13.9 Å². The number of hydrogen-bond donors (Lipinski definition) is 1. The Morgan fingerprint density at radius 2 is 2.31 bits per heavy atom. The van der Waals surface area contributed by atoms with Gasteiger partial charge in [-0.2, -0.15) is 0 Å². The first-order chi connectivity index (χ1) is 6.38. The number of methoxy groups -OCH3 is 1. The summed E-state index contributed by atoms with van der Waals surface area (Å²) in [6.45, 7) is 2.11. The lowest BCUT2D eigenvalue weighted by molar-refractivity contribution is 0.0534. The van der Waals surface area contributed by atoms with Crippen molar-refractivity contribution in [3.05, 3.63) is 23.7 Å². The SMILES string of the molecule is COCCOCc1occc1CN. The fourth-order valence-corrected chi connectivity index (χ4v) is 0.983. The highest BCUT2D eigenvalue weighted by Crippen LogP contribution is 2.10. The van der Waals surface area contributed by atoms with Gasteiger partial charge in [0, 0.05) is 19.2 Å². The molecule has 0 aromatic carbocycles. The summed E-state index contributed by atoms with van der Waals surface area (Å²) in [6, 6.07) is 1.86. The highest BCUT2D eigenvalue weighted by Gasteiger charge is 2.03. The number of rotatable bonds is 6. The molecule has 0 aliphatic carbocycles. The first kappa shape index (κ1) is 10.2. The van der Waals surface area contributed by atoms with E-state index in [1.165, 1.54) is 0 Å². The normalized spacial score (nSPS) is 10.6. The summed E-state index contributed by atoms with van der Waals surface area (Å²) in [5.74, 6) is 0.804. The molecule has 0 fully saturated rings. The molecular formula is C9H15NO3. The standard InChI is InChI=1S/C9H15NO3/c1-11-4-5-12-7-9-8(6-10)2-3-13-9/h2-3H,4-7,10H2,1H3. The Morgan fingerprint density at radius 1 is 1.46 bits per heavy atom. The summed E-state index contributed by atoms with van der Waals surface area (Å²) in [5.41, 5.74) is 6.48. The van der Waals surface area contributed by atoms with Gasteiger partial charge in [-0.25, -0.2) is 0 Å². The molecule has 2 N–H and O–H groups in total. The van der Waals surface area contributed by atoms with E-state index >= 15 is 0 Å². The maximum absolute atomic E-state index is 5.49. The van der Waals surface area contributed by atoms with Crippen LogP contribution in [0.1, 0.15) is 11.3 Å². The van der Waals surface area contributed by atoms with Crippen LogP contribution in [-0.4, -0.2) is 20.3 Å². The number of hydrogen-bond acceptors (Lipinski definition) is 4. The van der Waals surface area contributed by atoms with Crippen molar-refractivity contribution in [1.29, 1.82) is 0 Å². The average molecular weight is 185 g/mol. The van der Waals surface area contributed by atoms with E-state index in [-0.39, 0.29) is 0 Å². The molecule has 74 valence electrons. The molecular weight excluding hydrogens is 170 g/mol. The molecule has 4 nitrogen and oxygen atoms in total. The summed E-state index contributed by atoms with van der Waals surface area (Å²) >= 11 is 0. The van der Waals surface area contributed by atoms with Gasteiger partial charge in [0.15, 0.2) is 0 Å². The molecule has 1 rings (SSSR count). The van der Waals surface area contributed by atoms with Gasteiger partial charge in [0.25, 0.3) is 0 Å². The Bertz CT molecular complexity index is 235. The number of ether oxygens (including phenoxy) is 2. The van der Waals surface area contributed by atoms with Gasteiger partial charge >= 0.3 is 0 Å². The van der Waals surface area contributed by atoms with Crippen molar-refractivity contribution in [2.24, 2.45) is 5.73 Å². The van der Waals surface area contributed by atoms with Crippen LogP contribution < -0.4 is 5.73 Å². The summed E-state index contributed by atoms with van der Waals surface area (Å²) in [6.07, 6.45) is 1.62. The van der Waals surface area contributed by atoms with Crippen molar-refractivity contribution in [1.82, 2.24) is 0 Å². The van der Waals surface area contributed by atoms with Gasteiger partial charge in [-0.3, -0.25) is 0 Å². The molecule has 0 aliphatic heterocycles. The van der Waals surface area contributed by atoms with Crippen LogP contribution >= 0.6 is 0 Å². The quantitative estimate of drug-likeness (QED) is 0.669. The molecule has 0 unspecified atom stereocenters. The average Bonchev–Trinajstić information content (AvgIpc) is 2.60. The maximum atomic E-state index is 5.49. The second-order valence-corrected chi connectivity index (χ2v) is 2.62. The lowest BCUT2D eigenvalue weighted by Gasteiger charge is -2.02. The van der Waals surface area contributed by atoms with Gasteiger partial charge < -0.3 is 19.6 Å². The number of furan rings is 1. The summed E-state index contributed by atoms with van der Waals surface area (Å²) in [5, 5.41) is 0. The molecule has 0 saturated carbocycles. The highest BCUT2D eigenvalue weighted by atomic mass is 16.5. The van der Waals surface area contributed by atoms with Crippen molar-refractivity contribution in [3.63, 3.8) is 0 Å². The van der Waals surface area contributed by atoms with Crippen LogP contribution in [0.5, 0.6) is 0 Å². The lowest BCUT2D eigenvalue weighted by atomic mass is 10.2. The van der Waals surface area contributed by atoms with Crippen LogP contribution in [-0.2, 0) is 22.6 Å². The van der Waals surface area contributed by atoms with Crippen molar-refractivity contribution >= 4 is 0 Å². The first-order valence-corrected chi connectivity index (χ1v) is 4.20. The third-order valence-electron chi connectivity index (χ3n) is 1.72. The zero-order valence-electron chi connectivity index (χ0n) is 7.79. The van der Waals surface area contributed by atoms with Gasteiger partial charge in [-0.05, 0) is 6.07 Å². The largest absolute Gasteiger partial charge is 0.467 e. The van der Waals surface area contributed by atoms with Gasteiger partial charge in [0.2, 0.25) is 0 Å². The van der Waals surface area contributed by atoms with Crippen molar-refractivity contribution in [2.45, 2.75) is 13.2 Å². The van der Waals surface area contributed by atoms with E-state index in [4.69, 9.17) is 19.6 Å². The second-order valence-electron chi connectivity index (χ2n) is 2.62. The minimum absolute atomic E-state index is 0.461. The van der Waals surface area contributed by atoms with Crippen LogP contribution in [0.2, 0.25) is 0 Å². The Kier molecular flexibility index (Phi) is 4.53. The number of nitrogens with two attached hydrogens (primary N) is 1. The van der Waals surface area contributed by atoms with E-state index < -0.39 is 0 Å². The molecule has 1 heterocycles. The second kappa shape index (κ2) is 5.75. The van der Waals surface area contributed by atoms with Gasteiger partial charge in [-0.15, -0.1) is 0 Å². The molecule has 1 aromatic rings. The third-order valence-corrected chi connectivity index (χ3v) is 1.72. The molecule has 4 heteroatoms. The minimum atomic E-state index is 0.461. The predicted molar refractivity (Wildman–Crippen MR) is 48.1 cm³/mol. The molecule has 0 aliphatic rings. The van der Waals surface area contributed by atoms with E-state index in [1.54, 1.807) is 13.4 Å². The molecule has 13 heavy (non-hydrogen) atoms. The van der Waals surface area contributed by atoms with Crippen molar-refractivity contribution in [2.75, 3.05) is 20.3 Å². The van der Waals surface area contributed by atoms with Crippen LogP contribution in [0.15, 0.2) is 16.7 Å². The Hall–Kier alpha value is -0.840.